The predicted molar refractivity (Wildman–Crippen MR) is 72.2 cm³/mol. The highest BCUT2D eigenvalue weighted by Gasteiger charge is 2.12. The van der Waals surface area contributed by atoms with Crippen LogP contribution in [0.4, 0.5) is 4.39 Å². The van der Waals surface area contributed by atoms with E-state index in [1.54, 1.807) is 13.0 Å². The van der Waals surface area contributed by atoms with E-state index in [2.05, 4.69) is 5.32 Å². The Balaban J connectivity index is 1.83. The van der Waals surface area contributed by atoms with Crippen molar-refractivity contribution in [1.29, 1.82) is 0 Å². The van der Waals surface area contributed by atoms with Crippen LogP contribution in [0.1, 0.15) is 27.4 Å². The van der Waals surface area contributed by atoms with Crippen LogP contribution in [0.25, 0.3) is 0 Å². The van der Waals surface area contributed by atoms with Crippen LogP contribution in [0.3, 0.4) is 0 Å². The number of aromatic carboxylic acids is 1. The fourth-order valence-electron chi connectivity index (χ4n) is 1.95. The normalized spacial score (nSPS) is 10.7. The Morgan fingerprint density at radius 2 is 2.20 bits per heavy atom. The number of aryl methyl sites for hydroxylation is 1. The molecular weight excluding hydrogens is 261 g/mol. The Labute approximate surface area is 116 Å². The van der Waals surface area contributed by atoms with Crippen molar-refractivity contribution in [2.45, 2.75) is 19.9 Å². The molecule has 5 heteroatoms. The first-order valence-electron chi connectivity index (χ1n) is 6.34. The summed E-state index contributed by atoms with van der Waals surface area (Å²) in [7, 11) is 0. The summed E-state index contributed by atoms with van der Waals surface area (Å²) in [5, 5.41) is 12.0. The second-order valence-corrected chi connectivity index (χ2v) is 4.55. The molecule has 4 nitrogen and oxygen atoms in total. The van der Waals surface area contributed by atoms with Crippen molar-refractivity contribution in [1.82, 2.24) is 5.32 Å². The van der Waals surface area contributed by atoms with Gasteiger partial charge in [0, 0.05) is 12.1 Å². The quantitative estimate of drug-likeness (QED) is 0.797. The Morgan fingerprint density at radius 3 is 2.85 bits per heavy atom. The minimum atomic E-state index is -1.07. The van der Waals surface area contributed by atoms with E-state index in [4.69, 9.17) is 9.52 Å². The van der Waals surface area contributed by atoms with E-state index in [9.17, 15) is 9.18 Å². The minimum absolute atomic E-state index is 0.0515. The molecule has 0 bridgehead atoms. The first-order valence-corrected chi connectivity index (χ1v) is 6.34. The van der Waals surface area contributed by atoms with Gasteiger partial charge in [0.15, 0.2) is 0 Å². The summed E-state index contributed by atoms with van der Waals surface area (Å²) in [5.41, 5.74) is 1.74. The molecule has 0 aliphatic heterocycles. The molecule has 2 rings (SSSR count). The smallest absolute Gasteiger partial charge is 0.371 e. The predicted octanol–water partition coefficient (Wildman–Crippen LogP) is 2.76. The SMILES string of the molecule is Cc1oc(C(=O)O)cc1CNCCc1cccc(F)c1. The molecule has 0 aliphatic rings. The van der Waals surface area contributed by atoms with Crippen molar-refractivity contribution >= 4 is 5.97 Å². The second kappa shape index (κ2) is 6.34. The Bertz CT molecular complexity index is 607. The third-order valence-corrected chi connectivity index (χ3v) is 3.03. The van der Waals surface area contributed by atoms with Crippen LogP contribution in [0, 0.1) is 12.7 Å². The highest BCUT2D eigenvalue weighted by molar-refractivity contribution is 5.84. The van der Waals surface area contributed by atoms with Gasteiger partial charge in [-0.15, -0.1) is 0 Å². The highest BCUT2D eigenvalue weighted by Crippen LogP contribution is 2.14. The summed E-state index contributed by atoms with van der Waals surface area (Å²) in [6.07, 6.45) is 0.709. The van der Waals surface area contributed by atoms with Gasteiger partial charge in [0.25, 0.3) is 0 Å². The molecule has 0 aliphatic carbocycles. The topological polar surface area (TPSA) is 62.5 Å². The van der Waals surface area contributed by atoms with Crippen molar-refractivity contribution in [3.63, 3.8) is 0 Å². The lowest BCUT2D eigenvalue weighted by atomic mass is 10.1. The summed E-state index contributed by atoms with van der Waals surface area (Å²) >= 11 is 0. The fourth-order valence-corrected chi connectivity index (χ4v) is 1.95. The molecule has 1 aromatic carbocycles. The van der Waals surface area contributed by atoms with Crippen molar-refractivity contribution < 1.29 is 18.7 Å². The summed E-state index contributed by atoms with van der Waals surface area (Å²) in [6, 6.07) is 8.00. The number of carboxylic acids is 1. The fraction of sp³-hybridized carbons (Fsp3) is 0.267. The van der Waals surface area contributed by atoms with Gasteiger partial charge in [0.2, 0.25) is 5.76 Å². The molecule has 0 saturated carbocycles. The molecule has 2 aromatic rings. The molecule has 0 saturated heterocycles. The number of hydrogen-bond acceptors (Lipinski definition) is 3. The van der Waals surface area contributed by atoms with E-state index in [0.717, 1.165) is 11.1 Å². The van der Waals surface area contributed by atoms with Crippen molar-refractivity contribution in [3.05, 3.63) is 58.8 Å². The first-order chi connectivity index (χ1) is 9.56. The Kier molecular flexibility index (Phi) is 4.53. The third kappa shape index (κ3) is 3.68. The second-order valence-electron chi connectivity index (χ2n) is 4.55. The molecule has 0 fully saturated rings. The van der Waals surface area contributed by atoms with Crippen LogP contribution in [0.5, 0.6) is 0 Å². The monoisotopic (exact) mass is 277 g/mol. The van der Waals surface area contributed by atoms with E-state index in [0.29, 0.717) is 25.3 Å². The maximum Gasteiger partial charge on any atom is 0.371 e. The minimum Gasteiger partial charge on any atom is -0.475 e. The average molecular weight is 277 g/mol. The van der Waals surface area contributed by atoms with E-state index < -0.39 is 5.97 Å². The van der Waals surface area contributed by atoms with Gasteiger partial charge in [0.05, 0.1) is 0 Å². The molecule has 1 heterocycles. The molecule has 2 N–H and O–H groups in total. The van der Waals surface area contributed by atoms with Gasteiger partial charge in [0.1, 0.15) is 11.6 Å². The van der Waals surface area contributed by atoms with E-state index in [-0.39, 0.29) is 11.6 Å². The summed E-state index contributed by atoms with van der Waals surface area (Å²) < 4.78 is 18.1. The lowest BCUT2D eigenvalue weighted by molar-refractivity contribution is 0.0661. The molecule has 0 spiro atoms. The van der Waals surface area contributed by atoms with E-state index >= 15 is 0 Å². The zero-order valence-electron chi connectivity index (χ0n) is 11.1. The van der Waals surface area contributed by atoms with Crippen LogP contribution in [-0.2, 0) is 13.0 Å². The number of halogens is 1. The maximum atomic E-state index is 13.0. The van der Waals surface area contributed by atoms with Crippen LogP contribution >= 0.6 is 0 Å². The standard InChI is InChI=1S/C15H16FNO3/c1-10-12(8-14(20-10)15(18)19)9-17-6-5-11-3-2-4-13(16)7-11/h2-4,7-8,17H,5-6,9H2,1H3,(H,18,19). The zero-order chi connectivity index (χ0) is 14.5. The third-order valence-electron chi connectivity index (χ3n) is 3.03. The lowest BCUT2D eigenvalue weighted by Gasteiger charge is -2.04. The number of hydrogen-bond donors (Lipinski definition) is 2. The van der Waals surface area contributed by atoms with E-state index in [1.165, 1.54) is 18.2 Å². The van der Waals surface area contributed by atoms with Gasteiger partial charge in [-0.25, -0.2) is 9.18 Å². The van der Waals surface area contributed by atoms with Gasteiger partial charge < -0.3 is 14.8 Å². The molecule has 0 amide bonds. The maximum absolute atomic E-state index is 13.0. The van der Waals surface area contributed by atoms with Crippen LogP contribution in [0.15, 0.2) is 34.7 Å². The molecule has 0 atom stereocenters. The number of rotatable bonds is 6. The highest BCUT2D eigenvalue weighted by atomic mass is 19.1. The van der Waals surface area contributed by atoms with Gasteiger partial charge in [-0.3, -0.25) is 0 Å². The van der Waals surface area contributed by atoms with Gasteiger partial charge in [-0.2, -0.15) is 0 Å². The van der Waals surface area contributed by atoms with Crippen LogP contribution in [-0.4, -0.2) is 17.6 Å². The number of carboxylic acid groups (broad SMARTS) is 1. The number of nitrogens with one attached hydrogen (secondary N) is 1. The Morgan fingerprint density at radius 1 is 1.40 bits per heavy atom. The summed E-state index contributed by atoms with van der Waals surface area (Å²) in [6.45, 7) is 2.93. The summed E-state index contributed by atoms with van der Waals surface area (Å²) in [4.78, 5) is 10.8. The molecular formula is C15H16FNO3. The molecule has 106 valence electrons. The van der Waals surface area contributed by atoms with Gasteiger partial charge in [-0.1, -0.05) is 12.1 Å². The Hall–Kier alpha value is -2.14. The largest absolute Gasteiger partial charge is 0.475 e. The first kappa shape index (κ1) is 14.3. The van der Waals surface area contributed by atoms with Crippen LogP contribution in [0.2, 0.25) is 0 Å². The van der Waals surface area contributed by atoms with E-state index in [1.807, 2.05) is 6.07 Å². The van der Waals surface area contributed by atoms with Crippen molar-refractivity contribution in [2.75, 3.05) is 6.54 Å². The molecule has 1 aromatic heterocycles. The molecule has 0 radical (unpaired) electrons. The number of furan rings is 1. The molecule has 20 heavy (non-hydrogen) atoms. The number of carbonyl (C=O) groups is 1. The number of benzene rings is 1. The van der Waals surface area contributed by atoms with Gasteiger partial charge >= 0.3 is 5.97 Å². The van der Waals surface area contributed by atoms with Crippen molar-refractivity contribution in [2.24, 2.45) is 0 Å². The lowest BCUT2D eigenvalue weighted by Crippen LogP contribution is -2.16. The zero-order valence-corrected chi connectivity index (χ0v) is 11.1. The van der Waals surface area contributed by atoms with Crippen LogP contribution < -0.4 is 5.32 Å². The van der Waals surface area contributed by atoms with Crippen molar-refractivity contribution in [3.8, 4) is 0 Å². The summed E-state index contributed by atoms with van der Waals surface area (Å²) in [5.74, 6) is -0.761. The van der Waals surface area contributed by atoms with Gasteiger partial charge in [-0.05, 0) is 43.7 Å². The molecule has 0 unspecified atom stereocenters. The average Bonchev–Trinajstić information content (AvgIpc) is 2.77.